The number of hydrogen-bond donors (Lipinski definition) is 0. The predicted octanol–water partition coefficient (Wildman–Crippen LogP) is 3.20. The fourth-order valence-electron chi connectivity index (χ4n) is 2.13. The Morgan fingerprint density at radius 2 is 2.19 bits per heavy atom. The first-order chi connectivity index (χ1) is 9.93. The highest BCUT2D eigenvalue weighted by atomic mass is 79.9. The zero-order valence-corrected chi connectivity index (χ0v) is 14.2. The first-order valence-electron chi connectivity index (χ1n) is 6.54. The van der Waals surface area contributed by atoms with Crippen LogP contribution in [-0.4, -0.2) is 40.3 Å². The molecule has 0 saturated carbocycles. The second kappa shape index (κ2) is 6.75. The van der Waals surface area contributed by atoms with Crippen molar-refractivity contribution in [3.8, 4) is 0 Å². The smallest absolute Gasteiger partial charge is 0.223 e. The minimum Gasteiger partial charge on any atom is -0.349 e. The van der Waals surface area contributed by atoms with Gasteiger partial charge < -0.3 is 9.47 Å². The zero-order valence-electron chi connectivity index (χ0n) is 11.9. The Bertz CT molecular complexity index is 672. The largest absolute Gasteiger partial charge is 0.349 e. The van der Waals surface area contributed by atoms with Gasteiger partial charge in [-0.2, -0.15) is 0 Å². The minimum absolute atomic E-state index is 0.0369. The summed E-state index contributed by atoms with van der Waals surface area (Å²) < 4.78 is 15.9. The molecule has 2 aromatic rings. The molecule has 0 aliphatic rings. The van der Waals surface area contributed by atoms with Crippen molar-refractivity contribution in [2.45, 2.75) is 19.4 Å². The number of carbonyl (C=O) groups is 1. The average Bonchev–Trinajstić information content (AvgIpc) is 2.74. The Kier molecular flexibility index (Phi) is 5.22. The van der Waals surface area contributed by atoms with Crippen molar-refractivity contribution in [1.82, 2.24) is 14.5 Å². The Morgan fingerprint density at radius 3 is 2.81 bits per heavy atom. The van der Waals surface area contributed by atoms with E-state index in [1.54, 1.807) is 25.1 Å². The molecular weight excluding hydrogens is 361 g/mol. The maximum atomic E-state index is 13.6. The highest BCUT2D eigenvalue weighted by Crippen LogP contribution is 2.25. The first-order valence-corrected chi connectivity index (χ1v) is 7.87. The lowest BCUT2D eigenvalue weighted by molar-refractivity contribution is -0.128. The van der Waals surface area contributed by atoms with Gasteiger partial charge in [0, 0.05) is 45.4 Å². The van der Waals surface area contributed by atoms with Crippen LogP contribution in [0.25, 0.3) is 11.0 Å². The van der Waals surface area contributed by atoms with Crippen molar-refractivity contribution in [1.29, 1.82) is 0 Å². The number of benzene rings is 1. The van der Waals surface area contributed by atoms with Crippen molar-refractivity contribution in [3.05, 3.63) is 28.2 Å². The number of rotatable bonds is 5. The normalized spacial score (nSPS) is 11.1. The van der Waals surface area contributed by atoms with Gasteiger partial charge in [-0.05, 0) is 22.0 Å². The van der Waals surface area contributed by atoms with Crippen LogP contribution in [-0.2, 0) is 17.8 Å². The van der Waals surface area contributed by atoms with Crippen LogP contribution in [0.2, 0.25) is 0 Å². The van der Waals surface area contributed by atoms with E-state index >= 15 is 0 Å². The van der Waals surface area contributed by atoms with Gasteiger partial charge >= 0.3 is 0 Å². The number of imidazole rings is 1. The molecule has 0 fully saturated rings. The molecular formula is C14H16BrClFN3O. The van der Waals surface area contributed by atoms with Crippen molar-refractivity contribution >= 4 is 44.5 Å². The Balaban J connectivity index is 2.40. The standard InChI is InChI=1S/C14H16BrClFN3O/c1-19(2)14(21)4-6-20-12-7-9(15)10(17)8-11(12)18-13(20)3-5-16/h7-8H,3-6H2,1-2H3. The van der Waals surface area contributed by atoms with Crippen molar-refractivity contribution in [2.24, 2.45) is 0 Å². The van der Waals surface area contributed by atoms with Crippen LogP contribution < -0.4 is 0 Å². The monoisotopic (exact) mass is 375 g/mol. The molecule has 1 amide bonds. The third-order valence-electron chi connectivity index (χ3n) is 3.24. The van der Waals surface area contributed by atoms with Gasteiger partial charge in [0.05, 0.1) is 15.5 Å². The number of nitrogens with zero attached hydrogens (tertiary/aromatic N) is 3. The van der Waals surface area contributed by atoms with E-state index in [-0.39, 0.29) is 11.7 Å². The lowest BCUT2D eigenvalue weighted by Gasteiger charge is -2.12. The van der Waals surface area contributed by atoms with Crippen LogP contribution in [0.15, 0.2) is 16.6 Å². The van der Waals surface area contributed by atoms with E-state index in [9.17, 15) is 9.18 Å². The van der Waals surface area contributed by atoms with Gasteiger partial charge in [0.25, 0.3) is 0 Å². The van der Waals surface area contributed by atoms with E-state index in [4.69, 9.17) is 11.6 Å². The van der Waals surface area contributed by atoms with E-state index in [0.717, 1.165) is 11.3 Å². The van der Waals surface area contributed by atoms with Crippen LogP contribution in [0.5, 0.6) is 0 Å². The molecule has 0 aliphatic heterocycles. The van der Waals surface area contributed by atoms with Crippen LogP contribution in [0.4, 0.5) is 4.39 Å². The second-order valence-corrected chi connectivity index (χ2v) is 6.14. The molecule has 0 unspecified atom stereocenters. The lowest BCUT2D eigenvalue weighted by Crippen LogP contribution is -2.23. The molecule has 1 aromatic carbocycles. The SMILES string of the molecule is CN(C)C(=O)CCn1c(CCCl)nc2cc(F)c(Br)cc21. The molecule has 2 rings (SSSR count). The van der Waals surface area contributed by atoms with Crippen molar-refractivity contribution in [2.75, 3.05) is 20.0 Å². The number of amides is 1. The second-order valence-electron chi connectivity index (χ2n) is 4.91. The van der Waals surface area contributed by atoms with Gasteiger partial charge in [-0.3, -0.25) is 4.79 Å². The topological polar surface area (TPSA) is 38.1 Å². The molecule has 4 nitrogen and oxygen atoms in total. The van der Waals surface area contributed by atoms with Crippen molar-refractivity contribution in [3.63, 3.8) is 0 Å². The van der Waals surface area contributed by atoms with E-state index in [0.29, 0.717) is 35.3 Å². The number of carbonyl (C=O) groups excluding carboxylic acids is 1. The van der Waals surface area contributed by atoms with Gasteiger partial charge in [0.15, 0.2) is 0 Å². The van der Waals surface area contributed by atoms with Crippen LogP contribution >= 0.6 is 27.5 Å². The van der Waals surface area contributed by atoms with Gasteiger partial charge in [-0.15, -0.1) is 11.6 Å². The van der Waals surface area contributed by atoms with E-state index in [2.05, 4.69) is 20.9 Å². The summed E-state index contributed by atoms with van der Waals surface area (Å²) in [5.41, 5.74) is 1.38. The van der Waals surface area contributed by atoms with E-state index in [1.165, 1.54) is 6.07 Å². The van der Waals surface area contributed by atoms with E-state index in [1.807, 2.05) is 4.57 Å². The first kappa shape index (κ1) is 16.2. The molecule has 114 valence electrons. The third-order valence-corrected chi connectivity index (χ3v) is 4.03. The summed E-state index contributed by atoms with van der Waals surface area (Å²) >= 11 is 8.98. The molecule has 21 heavy (non-hydrogen) atoms. The Labute approximate surface area is 136 Å². The van der Waals surface area contributed by atoms with Crippen LogP contribution in [0, 0.1) is 5.82 Å². The fraction of sp³-hybridized carbons (Fsp3) is 0.429. The maximum Gasteiger partial charge on any atom is 0.223 e. The molecule has 0 aliphatic carbocycles. The molecule has 7 heteroatoms. The van der Waals surface area contributed by atoms with Crippen molar-refractivity contribution < 1.29 is 9.18 Å². The lowest BCUT2D eigenvalue weighted by atomic mass is 10.3. The molecule has 0 saturated heterocycles. The Hall–Kier alpha value is -1.14. The summed E-state index contributed by atoms with van der Waals surface area (Å²) in [7, 11) is 3.44. The molecule has 0 atom stereocenters. The zero-order chi connectivity index (χ0) is 15.6. The number of alkyl halides is 1. The summed E-state index contributed by atoms with van der Waals surface area (Å²) in [6.45, 7) is 0.498. The number of fused-ring (bicyclic) bond motifs is 1. The summed E-state index contributed by atoms with van der Waals surface area (Å²) in [6, 6.07) is 3.08. The predicted molar refractivity (Wildman–Crippen MR) is 85.1 cm³/mol. The number of hydrogen-bond acceptors (Lipinski definition) is 2. The maximum absolute atomic E-state index is 13.6. The molecule has 1 aromatic heterocycles. The van der Waals surface area contributed by atoms with Crippen LogP contribution in [0.1, 0.15) is 12.2 Å². The number of halogens is 3. The fourth-order valence-corrected chi connectivity index (χ4v) is 2.63. The molecule has 1 heterocycles. The van der Waals surface area contributed by atoms with Gasteiger partial charge in [-0.25, -0.2) is 9.37 Å². The summed E-state index contributed by atoms with van der Waals surface area (Å²) in [6.07, 6.45) is 0.939. The molecule has 0 bridgehead atoms. The Morgan fingerprint density at radius 1 is 1.48 bits per heavy atom. The molecule has 0 radical (unpaired) electrons. The molecule has 0 N–H and O–H groups in total. The van der Waals surface area contributed by atoms with E-state index < -0.39 is 0 Å². The average molecular weight is 377 g/mol. The van der Waals surface area contributed by atoms with Crippen LogP contribution in [0.3, 0.4) is 0 Å². The highest BCUT2D eigenvalue weighted by Gasteiger charge is 2.14. The quantitative estimate of drug-likeness (QED) is 0.752. The molecule has 0 spiro atoms. The van der Waals surface area contributed by atoms with Gasteiger partial charge in [0.2, 0.25) is 5.91 Å². The van der Waals surface area contributed by atoms with Gasteiger partial charge in [-0.1, -0.05) is 0 Å². The minimum atomic E-state index is -0.353. The highest BCUT2D eigenvalue weighted by molar-refractivity contribution is 9.10. The summed E-state index contributed by atoms with van der Waals surface area (Å²) in [5, 5.41) is 0. The third kappa shape index (κ3) is 3.55. The summed E-state index contributed by atoms with van der Waals surface area (Å²) in [4.78, 5) is 17.7. The summed E-state index contributed by atoms with van der Waals surface area (Å²) in [5.74, 6) is 0.877. The number of aryl methyl sites for hydroxylation is 2. The number of aromatic nitrogens is 2. The van der Waals surface area contributed by atoms with Gasteiger partial charge in [0.1, 0.15) is 11.6 Å².